The van der Waals surface area contributed by atoms with Crippen LogP contribution < -0.4 is 10.1 Å². The van der Waals surface area contributed by atoms with E-state index in [0.29, 0.717) is 12.6 Å². The van der Waals surface area contributed by atoms with Crippen molar-refractivity contribution in [1.82, 2.24) is 10.2 Å². The molecule has 1 atom stereocenters. The van der Waals surface area contributed by atoms with Crippen LogP contribution in [0.15, 0.2) is 24.3 Å². The zero-order chi connectivity index (χ0) is 14.1. The van der Waals surface area contributed by atoms with Crippen LogP contribution in [0.3, 0.4) is 0 Å². The minimum Gasteiger partial charge on any atom is -0.494 e. The molecule has 0 aliphatic heterocycles. The van der Waals surface area contributed by atoms with Crippen molar-refractivity contribution in [2.75, 3.05) is 33.3 Å². The van der Waals surface area contributed by atoms with Crippen molar-refractivity contribution >= 4 is 0 Å². The Kier molecular flexibility index (Phi) is 7.53. The number of nitrogens with one attached hydrogen (secondary N) is 1. The van der Waals surface area contributed by atoms with Crippen LogP contribution in [0.1, 0.15) is 38.8 Å². The van der Waals surface area contributed by atoms with Gasteiger partial charge in [-0.1, -0.05) is 26.0 Å². The van der Waals surface area contributed by atoms with E-state index in [0.717, 1.165) is 31.8 Å². The van der Waals surface area contributed by atoms with Gasteiger partial charge in [0.15, 0.2) is 0 Å². The first-order valence-corrected chi connectivity index (χ1v) is 7.37. The minimum absolute atomic E-state index is 0.390. The standard InChI is InChI=1S/C16H28N2O/c1-5-18(6-2)12-11-16(17-4)14-9-8-10-15(13-14)19-7-3/h8-10,13,16-17H,5-7,11-12H2,1-4H3. The summed E-state index contributed by atoms with van der Waals surface area (Å²) >= 11 is 0. The van der Waals surface area contributed by atoms with Crippen LogP contribution in [0.25, 0.3) is 0 Å². The van der Waals surface area contributed by atoms with Crippen molar-refractivity contribution in [1.29, 1.82) is 0 Å². The zero-order valence-electron chi connectivity index (χ0n) is 12.8. The third kappa shape index (κ3) is 5.21. The molecule has 1 aromatic rings. The summed E-state index contributed by atoms with van der Waals surface area (Å²) in [6.07, 6.45) is 1.12. The van der Waals surface area contributed by atoms with E-state index in [1.54, 1.807) is 0 Å². The number of benzene rings is 1. The highest BCUT2D eigenvalue weighted by atomic mass is 16.5. The monoisotopic (exact) mass is 264 g/mol. The summed E-state index contributed by atoms with van der Waals surface area (Å²) in [4.78, 5) is 2.46. The maximum atomic E-state index is 5.57. The second-order valence-corrected chi connectivity index (χ2v) is 4.66. The van der Waals surface area contributed by atoms with Crippen molar-refractivity contribution in [3.05, 3.63) is 29.8 Å². The first-order chi connectivity index (χ1) is 9.24. The summed E-state index contributed by atoms with van der Waals surface area (Å²) in [7, 11) is 2.03. The predicted octanol–water partition coefficient (Wildman–Crippen LogP) is 3.08. The minimum atomic E-state index is 0.390. The van der Waals surface area contributed by atoms with E-state index in [-0.39, 0.29) is 0 Å². The molecular formula is C16H28N2O. The third-order valence-electron chi connectivity index (χ3n) is 3.55. The maximum absolute atomic E-state index is 5.57. The van der Waals surface area contributed by atoms with Gasteiger partial charge in [-0.05, 0) is 57.7 Å². The van der Waals surface area contributed by atoms with Crippen LogP contribution in [-0.4, -0.2) is 38.2 Å². The van der Waals surface area contributed by atoms with Crippen LogP contribution >= 0.6 is 0 Å². The maximum Gasteiger partial charge on any atom is 0.119 e. The number of nitrogens with zero attached hydrogens (tertiary/aromatic N) is 1. The highest BCUT2D eigenvalue weighted by molar-refractivity contribution is 5.30. The van der Waals surface area contributed by atoms with Gasteiger partial charge in [-0.2, -0.15) is 0 Å². The van der Waals surface area contributed by atoms with Gasteiger partial charge in [-0.15, -0.1) is 0 Å². The molecule has 0 heterocycles. The molecule has 1 aromatic carbocycles. The van der Waals surface area contributed by atoms with Crippen molar-refractivity contribution in [2.24, 2.45) is 0 Å². The lowest BCUT2D eigenvalue weighted by Crippen LogP contribution is -2.28. The Hall–Kier alpha value is -1.06. The number of hydrogen-bond acceptors (Lipinski definition) is 3. The molecular weight excluding hydrogens is 236 g/mol. The lowest BCUT2D eigenvalue weighted by atomic mass is 10.0. The largest absolute Gasteiger partial charge is 0.494 e. The Morgan fingerprint density at radius 1 is 1.21 bits per heavy atom. The van der Waals surface area contributed by atoms with Crippen molar-refractivity contribution in [3.63, 3.8) is 0 Å². The van der Waals surface area contributed by atoms with Gasteiger partial charge in [0.25, 0.3) is 0 Å². The number of rotatable bonds is 9. The third-order valence-corrected chi connectivity index (χ3v) is 3.55. The van der Waals surface area contributed by atoms with Gasteiger partial charge in [0, 0.05) is 6.04 Å². The summed E-state index contributed by atoms with van der Waals surface area (Å²) in [6.45, 7) is 10.5. The first kappa shape index (κ1) is 16.0. The van der Waals surface area contributed by atoms with Crippen LogP contribution in [0.4, 0.5) is 0 Å². The topological polar surface area (TPSA) is 24.5 Å². The van der Waals surface area contributed by atoms with Crippen LogP contribution in [-0.2, 0) is 0 Å². The fraction of sp³-hybridized carbons (Fsp3) is 0.625. The molecule has 0 bridgehead atoms. The average Bonchev–Trinajstić information content (AvgIpc) is 2.44. The van der Waals surface area contributed by atoms with Crippen molar-refractivity contribution < 1.29 is 4.74 Å². The summed E-state index contributed by atoms with van der Waals surface area (Å²) in [5.41, 5.74) is 1.31. The van der Waals surface area contributed by atoms with Gasteiger partial charge in [0.05, 0.1) is 6.61 Å². The molecule has 19 heavy (non-hydrogen) atoms. The number of hydrogen-bond donors (Lipinski definition) is 1. The number of ether oxygens (including phenoxy) is 1. The zero-order valence-corrected chi connectivity index (χ0v) is 12.8. The molecule has 0 aliphatic carbocycles. The molecule has 1 unspecified atom stereocenters. The van der Waals surface area contributed by atoms with Crippen molar-refractivity contribution in [3.8, 4) is 5.75 Å². The Morgan fingerprint density at radius 3 is 2.53 bits per heavy atom. The molecule has 3 heteroatoms. The Balaban J connectivity index is 2.65. The SMILES string of the molecule is CCOc1cccc(C(CCN(CC)CC)NC)c1. The van der Waals surface area contributed by atoms with Gasteiger partial charge < -0.3 is 15.0 Å². The second kappa shape index (κ2) is 8.94. The van der Waals surface area contributed by atoms with Gasteiger partial charge in [-0.25, -0.2) is 0 Å². The molecule has 3 nitrogen and oxygen atoms in total. The molecule has 0 fully saturated rings. The van der Waals surface area contributed by atoms with Crippen LogP contribution in [0.2, 0.25) is 0 Å². The molecule has 108 valence electrons. The molecule has 0 amide bonds. The summed E-state index contributed by atoms with van der Waals surface area (Å²) in [5.74, 6) is 0.961. The quantitative estimate of drug-likeness (QED) is 0.742. The normalized spacial score (nSPS) is 12.7. The predicted molar refractivity (Wildman–Crippen MR) is 81.8 cm³/mol. The van der Waals surface area contributed by atoms with Gasteiger partial charge >= 0.3 is 0 Å². The van der Waals surface area contributed by atoms with E-state index in [1.165, 1.54) is 5.56 Å². The molecule has 0 aromatic heterocycles. The van der Waals surface area contributed by atoms with E-state index < -0.39 is 0 Å². The molecule has 0 aliphatic rings. The highest BCUT2D eigenvalue weighted by Gasteiger charge is 2.11. The molecule has 1 N–H and O–H groups in total. The molecule has 1 rings (SSSR count). The molecule has 0 saturated heterocycles. The molecule has 0 saturated carbocycles. The second-order valence-electron chi connectivity index (χ2n) is 4.66. The smallest absolute Gasteiger partial charge is 0.119 e. The Morgan fingerprint density at radius 2 is 1.95 bits per heavy atom. The van der Waals surface area contributed by atoms with Gasteiger partial charge in [0.2, 0.25) is 0 Å². The fourth-order valence-electron chi connectivity index (χ4n) is 2.32. The first-order valence-electron chi connectivity index (χ1n) is 7.37. The Bertz CT molecular complexity index is 350. The van der Waals surface area contributed by atoms with E-state index in [4.69, 9.17) is 4.74 Å². The Labute approximate surface area is 118 Å². The fourth-order valence-corrected chi connectivity index (χ4v) is 2.32. The van der Waals surface area contributed by atoms with E-state index in [1.807, 2.05) is 20.0 Å². The summed E-state index contributed by atoms with van der Waals surface area (Å²) < 4.78 is 5.57. The summed E-state index contributed by atoms with van der Waals surface area (Å²) in [6, 6.07) is 8.80. The average molecular weight is 264 g/mol. The molecule has 0 spiro atoms. The highest BCUT2D eigenvalue weighted by Crippen LogP contribution is 2.21. The van der Waals surface area contributed by atoms with E-state index in [9.17, 15) is 0 Å². The van der Waals surface area contributed by atoms with E-state index in [2.05, 4.69) is 42.3 Å². The lowest BCUT2D eigenvalue weighted by molar-refractivity contribution is 0.284. The van der Waals surface area contributed by atoms with Crippen molar-refractivity contribution in [2.45, 2.75) is 33.2 Å². The van der Waals surface area contributed by atoms with Gasteiger partial charge in [0.1, 0.15) is 5.75 Å². The molecule has 0 radical (unpaired) electrons. The van der Waals surface area contributed by atoms with Crippen LogP contribution in [0.5, 0.6) is 5.75 Å². The van der Waals surface area contributed by atoms with Crippen LogP contribution in [0, 0.1) is 0 Å². The lowest BCUT2D eigenvalue weighted by Gasteiger charge is -2.23. The van der Waals surface area contributed by atoms with E-state index >= 15 is 0 Å². The van der Waals surface area contributed by atoms with Gasteiger partial charge in [-0.3, -0.25) is 0 Å². The summed E-state index contributed by atoms with van der Waals surface area (Å²) in [5, 5.41) is 3.41.